The minimum atomic E-state index is -0.0905. The van der Waals surface area contributed by atoms with Crippen LogP contribution in [0.25, 0.3) is 0 Å². The van der Waals surface area contributed by atoms with Gasteiger partial charge in [-0.3, -0.25) is 4.79 Å². The summed E-state index contributed by atoms with van der Waals surface area (Å²) in [6.45, 7) is 4.24. The van der Waals surface area contributed by atoms with E-state index in [1.807, 2.05) is 35.5 Å². The lowest BCUT2D eigenvalue weighted by molar-refractivity contribution is -0.134. The van der Waals surface area contributed by atoms with Crippen LogP contribution in [0, 0.1) is 5.92 Å². The van der Waals surface area contributed by atoms with Crippen LogP contribution in [0.5, 0.6) is 0 Å². The highest BCUT2D eigenvalue weighted by molar-refractivity contribution is 6.33. The van der Waals surface area contributed by atoms with Gasteiger partial charge in [-0.15, -0.1) is 0 Å². The first kappa shape index (κ1) is 20.2. The number of hydrogen-bond donors (Lipinski definition) is 0. The highest BCUT2D eigenvalue weighted by atomic mass is 35.5. The Bertz CT molecular complexity index is 955. The van der Waals surface area contributed by atoms with E-state index in [1.54, 1.807) is 6.07 Å². The molecule has 1 aromatic heterocycles. The molecule has 0 N–H and O–H groups in total. The minimum absolute atomic E-state index is 0.0905. The zero-order valence-electron chi connectivity index (χ0n) is 16.5. The van der Waals surface area contributed by atoms with Crippen molar-refractivity contribution < 1.29 is 4.79 Å². The molecule has 6 heteroatoms. The Morgan fingerprint density at radius 2 is 2.03 bits per heavy atom. The van der Waals surface area contributed by atoms with Crippen LogP contribution in [0.3, 0.4) is 0 Å². The van der Waals surface area contributed by atoms with Crippen LogP contribution >= 0.6 is 23.2 Å². The van der Waals surface area contributed by atoms with Gasteiger partial charge < -0.3 is 9.47 Å². The zero-order chi connectivity index (χ0) is 20.4. The number of nitrogens with zero attached hydrogens (tertiary/aromatic N) is 3. The van der Waals surface area contributed by atoms with Gasteiger partial charge in [-0.05, 0) is 49.9 Å². The highest BCUT2D eigenvalue weighted by Crippen LogP contribution is 2.30. The molecule has 1 aliphatic carbocycles. The number of imidazole rings is 1. The Morgan fingerprint density at radius 1 is 1.24 bits per heavy atom. The average molecular weight is 430 g/mol. The molecule has 0 spiro atoms. The number of halogens is 2. The van der Waals surface area contributed by atoms with Crippen molar-refractivity contribution >= 4 is 29.1 Å². The first-order chi connectivity index (χ1) is 14.0. The number of rotatable bonds is 4. The number of amides is 1. The standard InChI is InChI=1S/C23H25Cl2N3O/c1-16-4-2-3-5-20(16)23(29)27-11-8-17(9-12-27)22-26-10-13-28(22)15-18-14-19(24)6-7-21(18)25/h3-7,10,13-14,17,20H,2,8-9,11-12,15H2,1H3. The van der Waals surface area contributed by atoms with E-state index in [9.17, 15) is 4.79 Å². The Kier molecular flexibility index (Phi) is 6.12. The topological polar surface area (TPSA) is 38.1 Å². The third-order valence-electron chi connectivity index (χ3n) is 5.93. The number of carbonyl (C=O) groups is 1. The van der Waals surface area contributed by atoms with Gasteiger partial charge in [-0.2, -0.15) is 0 Å². The first-order valence-electron chi connectivity index (χ1n) is 10.1. The predicted molar refractivity (Wildman–Crippen MR) is 117 cm³/mol. The molecular weight excluding hydrogens is 405 g/mol. The van der Waals surface area contributed by atoms with Crippen LogP contribution < -0.4 is 0 Å². The lowest BCUT2D eigenvalue weighted by Gasteiger charge is -2.34. The van der Waals surface area contributed by atoms with E-state index in [1.165, 1.54) is 0 Å². The molecular formula is C23H25Cl2N3O. The summed E-state index contributed by atoms with van der Waals surface area (Å²) in [5.74, 6) is 1.53. The lowest BCUT2D eigenvalue weighted by Crippen LogP contribution is -2.41. The Morgan fingerprint density at radius 3 is 2.79 bits per heavy atom. The van der Waals surface area contributed by atoms with E-state index < -0.39 is 0 Å². The SMILES string of the molecule is CC1=CCC=CC1C(=O)N1CCC(c2nccn2Cc2cc(Cl)ccc2Cl)CC1. The smallest absolute Gasteiger partial charge is 0.233 e. The maximum Gasteiger partial charge on any atom is 0.233 e. The number of allylic oxidation sites excluding steroid dienone is 2. The van der Waals surface area contributed by atoms with Crippen LogP contribution in [0.4, 0.5) is 0 Å². The van der Waals surface area contributed by atoms with Gasteiger partial charge in [-0.25, -0.2) is 4.98 Å². The summed E-state index contributed by atoms with van der Waals surface area (Å²) in [6, 6.07) is 5.53. The fraction of sp³-hybridized carbons (Fsp3) is 0.391. The van der Waals surface area contributed by atoms with Crippen molar-refractivity contribution in [2.75, 3.05) is 13.1 Å². The summed E-state index contributed by atoms with van der Waals surface area (Å²) in [4.78, 5) is 19.6. The average Bonchev–Trinajstić information content (AvgIpc) is 3.19. The summed E-state index contributed by atoms with van der Waals surface area (Å²) in [6.07, 6.45) is 12.9. The molecule has 2 aliphatic rings. The van der Waals surface area contributed by atoms with Gasteiger partial charge in [0.2, 0.25) is 5.91 Å². The van der Waals surface area contributed by atoms with E-state index in [-0.39, 0.29) is 11.8 Å². The largest absolute Gasteiger partial charge is 0.342 e. The molecule has 1 aliphatic heterocycles. The second kappa shape index (κ2) is 8.76. The van der Waals surface area contributed by atoms with Crippen LogP contribution in [0.1, 0.15) is 43.5 Å². The van der Waals surface area contributed by atoms with Crippen LogP contribution in [-0.2, 0) is 11.3 Å². The van der Waals surface area contributed by atoms with Gasteiger partial charge >= 0.3 is 0 Å². The number of piperidine rings is 1. The number of likely N-dealkylation sites (tertiary alicyclic amines) is 1. The predicted octanol–water partition coefficient (Wildman–Crippen LogP) is 5.47. The van der Waals surface area contributed by atoms with Crippen molar-refractivity contribution in [3.63, 3.8) is 0 Å². The molecule has 152 valence electrons. The molecule has 0 saturated carbocycles. The monoisotopic (exact) mass is 429 g/mol. The molecule has 1 atom stereocenters. The molecule has 0 radical (unpaired) electrons. The summed E-state index contributed by atoms with van der Waals surface area (Å²) in [7, 11) is 0. The molecule has 4 rings (SSSR count). The summed E-state index contributed by atoms with van der Waals surface area (Å²) >= 11 is 12.5. The maximum absolute atomic E-state index is 12.9. The molecule has 1 saturated heterocycles. The fourth-order valence-electron chi connectivity index (χ4n) is 4.24. The maximum atomic E-state index is 12.9. The Hall–Kier alpha value is -2.04. The summed E-state index contributed by atoms with van der Waals surface area (Å²) < 4.78 is 2.15. The summed E-state index contributed by atoms with van der Waals surface area (Å²) in [5.41, 5.74) is 2.14. The van der Waals surface area contributed by atoms with Crippen molar-refractivity contribution in [2.45, 2.75) is 38.6 Å². The van der Waals surface area contributed by atoms with E-state index in [0.29, 0.717) is 22.5 Å². The molecule has 4 nitrogen and oxygen atoms in total. The molecule has 2 aromatic rings. The van der Waals surface area contributed by atoms with Crippen molar-refractivity contribution in [3.8, 4) is 0 Å². The molecule has 2 heterocycles. The third-order valence-corrected chi connectivity index (χ3v) is 6.53. The fourth-order valence-corrected chi connectivity index (χ4v) is 4.61. The number of hydrogen-bond acceptors (Lipinski definition) is 2. The Labute approximate surface area is 181 Å². The molecule has 1 amide bonds. The van der Waals surface area contributed by atoms with Gasteiger partial charge in [0.25, 0.3) is 0 Å². The Balaban J connectivity index is 1.42. The van der Waals surface area contributed by atoms with E-state index in [0.717, 1.165) is 49.3 Å². The second-order valence-corrected chi connectivity index (χ2v) is 8.68. The minimum Gasteiger partial charge on any atom is -0.342 e. The van der Waals surface area contributed by atoms with E-state index in [2.05, 4.69) is 28.6 Å². The number of benzene rings is 1. The van der Waals surface area contributed by atoms with Crippen LogP contribution in [0.15, 0.2) is 54.4 Å². The first-order valence-corrected chi connectivity index (χ1v) is 10.9. The molecule has 1 aromatic carbocycles. The van der Waals surface area contributed by atoms with Gasteiger partial charge in [0.1, 0.15) is 5.82 Å². The van der Waals surface area contributed by atoms with Crippen LogP contribution in [-0.4, -0.2) is 33.4 Å². The number of carbonyl (C=O) groups excluding carboxylic acids is 1. The van der Waals surface area contributed by atoms with Crippen LogP contribution in [0.2, 0.25) is 10.0 Å². The summed E-state index contributed by atoms with van der Waals surface area (Å²) in [5, 5.41) is 1.39. The van der Waals surface area contributed by atoms with Gasteiger partial charge in [0.15, 0.2) is 0 Å². The quantitative estimate of drug-likeness (QED) is 0.604. The zero-order valence-corrected chi connectivity index (χ0v) is 18.0. The highest BCUT2D eigenvalue weighted by Gasteiger charge is 2.30. The van der Waals surface area contributed by atoms with Crippen molar-refractivity contribution in [2.24, 2.45) is 5.92 Å². The van der Waals surface area contributed by atoms with Gasteiger partial charge in [0, 0.05) is 41.4 Å². The van der Waals surface area contributed by atoms with E-state index in [4.69, 9.17) is 23.2 Å². The molecule has 1 fully saturated rings. The third kappa shape index (κ3) is 4.44. The molecule has 0 bridgehead atoms. The van der Waals surface area contributed by atoms with Gasteiger partial charge in [0.05, 0.1) is 12.5 Å². The van der Waals surface area contributed by atoms with E-state index >= 15 is 0 Å². The van der Waals surface area contributed by atoms with Crippen molar-refractivity contribution in [1.29, 1.82) is 0 Å². The van der Waals surface area contributed by atoms with Gasteiger partial charge in [-0.1, -0.05) is 47.0 Å². The lowest BCUT2D eigenvalue weighted by atomic mass is 9.90. The normalized spacial score (nSPS) is 20.0. The van der Waals surface area contributed by atoms with Crippen molar-refractivity contribution in [1.82, 2.24) is 14.5 Å². The number of aromatic nitrogens is 2. The van der Waals surface area contributed by atoms with Crippen molar-refractivity contribution in [3.05, 3.63) is 75.8 Å². The second-order valence-electron chi connectivity index (χ2n) is 7.84. The molecule has 29 heavy (non-hydrogen) atoms. The molecule has 1 unspecified atom stereocenters.